The van der Waals surface area contributed by atoms with Gasteiger partial charge in [0.2, 0.25) is 0 Å². The lowest BCUT2D eigenvalue weighted by Gasteiger charge is -2.28. The van der Waals surface area contributed by atoms with Crippen molar-refractivity contribution in [2.24, 2.45) is 0 Å². The molecule has 0 amide bonds. The van der Waals surface area contributed by atoms with E-state index in [0.717, 1.165) is 25.9 Å². The van der Waals surface area contributed by atoms with Crippen LogP contribution in [0.1, 0.15) is 29.7 Å². The first kappa shape index (κ1) is 16.9. The number of rotatable bonds is 5. The fourth-order valence-corrected chi connectivity index (χ4v) is 3.86. The Morgan fingerprint density at radius 2 is 1.31 bits per heavy atom. The summed E-state index contributed by atoms with van der Waals surface area (Å²) in [5.74, 6) is 0. The second-order valence-electron chi connectivity index (χ2n) is 7.00. The number of hydrogen-bond donors (Lipinski definition) is 1. The molecule has 3 aromatic rings. The molecule has 1 N–H and O–H groups in total. The molecule has 1 atom stereocenters. The molecule has 0 saturated carbocycles. The maximum Gasteiger partial charge on any atom is 0.0443 e. The van der Waals surface area contributed by atoms with E-state index in [1.165, 1.54) is 28.1 Å². The van der Waals surface area contributed by atoms with Crippen molar-refractivity contribution in [2.75, 3.05) is 18.0 Å². The highest BCUT2D eigenvalue weighted by Crippen LogP contribution is 2.35. The highest BCUT2D eigenvalue weighted by atomic mass is 15.2. The number of fused-ring (bicyclic) bond motifs is 2. The van der Waals surface area contributed by atoms with Crippen LogP contribution in [0.2, 0.25) is 0 Å². The Kier molecular flexibility index (Phi) is 5.03. The molecule has 0 aromatic heterocycles. The van der Waals surface area contributed by atoms with Crippen LogP contribution in [0.3, 0.4) is 0 Å². The lowest BCUT2D eigenvalue weighted by molar-refractivity contribution is 0.579. The molecule has 0 aliphatic carbocycles. The van der Waals surface area contributed by atoms with Crippen molar-refractivity contribution in [2.45, 2.75) is 25.8 Å². The minimum absolute atomic E-state index is 0.355. The predicted octanol–water partition coefficient (Wildman–Crippen LogP) is 5.27. The average Bonchev–Trinajstić information content (AvgIpc) is 2.86. The Bertz CT molecular complexity index is 809. The summed E-state index contributed by atoms with van der Waals surface area (Å²) in [5.41, 5.74) is 6.93. The topological polar surface area (TPSA) is 15.3 Å². The predicted molar refractivity (Wildman–Crippen MR) is 110 cm³/mol. The van der Waals surface area contributed by atoms with Crippen molar-refractivity contribution < 1.29 is 0 Å². The molecule has 0 bridgehead atoms. The molecule has 2 heteroatoms. The van der Waals surface area contributed by atoms with Gasteiger partial charge in [-0.3, -0.25) is 0 Å². The van der Waals surface area contributed by atoms with Gasteiger partial charge < -0.3 is 10.2 Å². The van der Waals surface area contributed by atoms with Gasteiger partial charge in [-0.05, 0) is 48.6 Å². The molecular weight excluding hydrogens is 316 g/mol. The molecule has 1 heterocycles. The van der Waals surface area contributed by atoms with Crippen molar-refractivity contribution in [3.8, 4) is 0 Å². The third-order valence-corrected chi connectivity index (χ3v) is 5.31. The fourth-order valence-electron chi connectivity index (χ4n) is 3.86. The number of aryl methyl sites for hydroxylation is 2. The zero-order chi connectivity index (χ0) is 17.8. The van der Waals surface area contributed by atoms with E-state index in [-0.39, 0.29) is 0 Å². The highest BCUT2D eigenvalue weighted by Gasteiger charge is 2.19. The van der Waals surface area contributed by atoms with Crippen LogP contribution in [0.5, 0.6) is 0 Å². The van der Waals surface area contributed by atoms with Crippen LogP contribution >= 0.6 is 0 Å². The normalized spacial score (nSPS) is 14.3. The van der Waals surface area contributed by atoms with Gasteiger partial charge in [-0.1, -0.05) is 66.7 Å². The summed E-state index contributed by atoms with van der Waals surface area (Å²) in [6.07, 6.45) is 2.22. The second kappa shape index (κ2) is 7.76. The van der Waals surface area contributed by atoms with Gasteiger partial charge in [0.05, 0.1) is 0 Å². The fraction of sp³-hybridized carbons (Fsp3) is 0.250. The Morgan fingerprint density at radius 1 is 0.769 bits per heavy atom. The van der Waals surface area contributed by atoms with Gasteiger partial charge in [0.15, 0.2) is 0 Å². The van der Waals surface area contributed by atoms with Crippen LogP contribution in [0.15, 0.2) is 78.9 Å². The maximum atomic E-state index is 3.69. The second-order valence-corrected chi connectivity index (χ2v) is 7.00. The van der Waals surface area contributed by atoms with E-state index >= 15 is 0 Å². The first-order valence-electron chi connectivity index (χ1n) is 9.54. The minimum atomic E-state index is 0.355. The Morgan fingerprint density at radius 3 is 1.92 bits per heavy atom. The lowest BCUT2D eigenvalue weighted by atomic mass is 10.0. The summed E-state index contributed by atoms with van der Waals surface area (Å²) in [6, 6.07) is 28.7. The van der Waals surface area contributed by atoms with Crippen LogP contribution in [0.25, 0.3) is 0 Å². The monoisotopic (exact) mass is 342 g/mol. The molecule has 0 radical (unpaired) electrons. The molecule has 132 valence electrons. The summed E-state index contributed by atoms with van der Waals surface area (Å²) in [7, 11) is 0. The largest absolute Gasteiger partial charge is 0.340 e. The molecule has 0 saturated heterocycles. The molecule has 0 fully saturated rings. The first-order valence-corrected chi connectivity index (χ1v) is 9.54. The third-order valence-electron chi connectivity index (χ3n) is 5.31. The molecular formula is C24H26N2. The molecule has 2 nitrogen and oxygen atoms in total. The maximum absolute atomic E-state index is 3.69. The van der Waals surface area contributed by atoms with Gasteiger partial charge in [0.1, 0.15) is 0 Å². The first-order chi connectivity index (χ1) is 12.8. The van der Waals surface area contributed by atoms with Crippen LogP contribution in [-0.4, -0.2) is 13.1 Å². The SMILES string of the molecule is C[C@@H](NCCN1c2ccccc2CCc2ccccc21)c1ccccc1. The summed E-state index contributed by atoms with van der Waals surface area (Å²) >= 11 is 0. The van der Waals surface area contributed by atoms with Crippen molar-refractivity contribution in [3.63, 3.8) is 0 Å². The summed E-state index contributed by atoms with van der Waals surface area (Å²) in [5, 5.41) is 3.69. The minimum Gasteiger partial charge on any atom is -0.340 e. The standard InChI is InChI=1S/C24H26N2/c1-19(20-9-3-2-4-10-20)25-17-18-26-23-13-7-5-11-21(23)15-16-22-12-6-8-14-24(22)26/h2-14,19,25H,15-18H2,1H3/t19-/m1/s1. The Hall–Kier alpha value is -2.58. The van der Waals surface area contributed by atoms with Gasteiger partial charge in [-0.15, -0.1) is 0 Å². The highest BCUT2D eigenvalue weighted by molar-refractivity contribution is 5.71. The quantitative estimate of drug-likeness (QED) is 0.679. The van der Waals surface area contributed by atoms with E-state index in [9.17, 15) is 0 Å². The van der Waals surface area contributed by atoms with Crippen molar-refractivity contribution in [1.82, 2.24) is 5.32 Å². The van der Waals surface area contributed by atoms with Crippen molar-refractivity contribution in [3.05, 3.63) is 95.6 Å². The van der Waals surface area contributed by atoms with Gasteiger partial charge in [0.25, 0.3) is 0 Å². The Labute approximate surface area is 156 Å². The number of anilines is 2. The molecule has 26 heavy (non-hydrogen) atoms. The average molecular weight is 342 g/mol. The van der Waals surface area contributed by atoms with Gasteiger partial charge >= 0.3 is 0 Å². The number of nitrogens with zero attached hydrogens (tertiary/aromatic N) is 1. The zero-order valence-electron chi connectivity index (χ0n) is 15.4. The van der Waals surface area contributed by atoms with Crippen LogP contribution in [0, 0.1) is 0 Å². The van der Waals surface area contributed by atoms with E-state index < -0.39 is 0 Å². The Balaban J connectivity index is 1.54. The van der Waals surface area contributed by atoms with Crippen molar-refractivity contribution >= 4 is 11.4 Å². The molecule has 1 aliphatic rings. The lowest BCUT2D eigenvalue weighted by Crippen LogP contribution is -2.31. The number of hydrogen-bond acceptors (Lipinski definition) is 2. The van der Waals surface area contributed by atoms with E-state index in [1.54, 1.807) is 0 Å². The van der Waals surface area contributed by atoms with E-state index in [1.807, 2.05) is 0 Å². The molecule has 4 rings (SSSR count). The van der Waals surface area contributed by atoms with Gasteiger partial charge in [-0.2, -0.15) is 0 Å². The zero-order valence-corrected chi connectivity index (χ0v) is 15.4. The van der Waals surface area contributed by atoms with Crippen LogP contribution < -0.4 is 10.2 Å². The molecule has 0 unspecified atom stereocenters. The summed E-state index contributed by atoms with van der Waals surface area (Å²) in [6.45, 7) is 4.14. The number of nitrogens with one attached hydrogen (secondary N) is 1. The third kappa shape index (κ3) is 3.51. The summed E-state index contributed by atoms with van der Waals surface area (Å²) < 4.78 is 0. The van der Waals surface area contributed by atoms with E-state index in [4.69, 9.17) is 0 Å². The molecule has 1 aliphatic heterocycles. The van der Waals surface area contributed by atoms with Gasteiger partial charge in [-0.25, -0.2) is 0 Å². The van der Waals surface area contributed by atoms with Crippen LogP contribution in [-0.2, 0) is 12.8 Å². The van der Waals surface area contributed by atoms with Crippen LogP contribution in [0.4, 0.5) is 11.4 Å². The van der Waals surface area contributed by atoms with Gasteiger partial charge in [0, 0.05) is 30.5 Å². The van der Waals surface area contributed by atoms with E-state index in [0.29, 0.717) is 6.04 Å². The molecule has 3 aromatic carbocycles. The smallest absolute Gasteiger partial charge is 0.0443 e. The number of para-hydroxylation sites is 2. The van der Waals surface area contributed by atoms with E-state index in [2.05, 4.69) is 96.0 Å². The summed E-state index contributed by atoms with van der Waals surface area (Å²) in [4.78, 5) is 2.49. The number of benzene rings is 3. The van der Waals surface area contributed by atoms with Crippen molar-refractivity contribution in [1.29, 1.82) is 0 Å². The molecule has 0 spiro atoms.